The lowest BCUT2D eigenvalue weighted by Crippen LogP contribution is -2.32. The van der Waals surface area contributed by atoms with Gasteiger partial charge in [-0.25, -0.2) is 0 Å². The Labute approximate surface area is 154 Å². The van der Waals surface area contributed by atoms with Gasteiger partial charge in [0.25, 0.3) is 0 Å². The van der Waals surface area contributed by atoms with Crippen molar-refractivity contribution >= 4 is 16.8 Å². The molecule has 25 heavy (non-hydrogen) atoms. The van der Waals surface area contributed by atoms with Crippen LogP contribution < -0.4 is 9.47 Å². The fourth-order valence-electron chi connectivity index (χ4n) is 2.33. The van der Waals surface area contributed by atoms with E-state index < -0.39 is 11.3 Å². The summed E-state index contributed by atoms with van der Waals surface area (Å²) in [5.41, 5.74) is 0.703. The largest absolute Gasteiger partial charge is 0.486 e. The molecular weight excluding hydrogens is 338 g/mol. The van der Waals surface area contributed by atoms with Gasteiger partial charge in [0.1, 0.15) is 19.3 Å². The van der Waals surface area contributed by atoms with Crippen molar-refractivity contribution in [1.82, 2.24) is 4.90 Å². The molecule has 0 fully saturated rings. The Balaban J connectivity index is 3.26. The van der Waals surface area contributed by atoms with Crippen LogP contribution in [0.3, 0.4) is 0 Å². The third kappa shape index (κ3) is 6.25. The lowest BCUT2D eigenvalue weighted by Gasteiger charge is -2.27. The van der Waals surface area contributed by atoms with Crippen molar-refractivity contribution < 1.29 is 14.3 Å². The number of ether oxygens (including phenoxy) is 2. The summed E-state index contributed by atoms with van der Waals surface area (Å²) in [5.74, 6) is 1.07. The molecular formula is C20H24ClNO3. The number of carbonyl (C=O) groups is 1. The van der Waals surface area contributed by atoms with Gasteiger partial charge in [0.15, 0.2) is 11.5 Å². The average molecular weight is 362 g/mol. The minimum absolute atomic E-state index is 0.316. The standard InChI is InChI=1S/C20H24ClNO3/c1-5-11-22(12-6-2)19(20(21)23)16-9-10-17(24-13-7-3)18(15-16)25-14-8-4/h5-10,15,19H,1-4,11-14H2. The van der Waals surface area contributed by atoms with E-state index in [2.05, 4.69) is 26.3 Å². The summed E-state index contributed by atoms with van der Waals surface area (Å²) >= 11 is 5.87. The van der Waals surface area contributed by atoms with Gasteiger partial charge < -0.3 is 9.47 Å². The van der Waals surface area contributed by atoms with E-state index in [1.165, 1.54) is 0 Å². The van der Waals surface area contributed by atoms with Crippen LogP contribution in [0.25, 0.3) is 0 Å². The van der Waals surface area contributed by atoms with Crippen LogP contribution >= 0.6 is 11.6 Å². The van der Waals surface area contributed by atoms with Crippen LogP contribution in [0.4, 0.5) is 0 Å². The Morgan fingerprint density at radius 2 is 1.56 bits per heavy atom. The molecule has 1 unspecified atom stereocenters. The van der Waals surface area contributed by atoms with Gasteiger partial charge in [0, 0.05) is 13.1 Å². The highest BCUT2D eigenvalue weighted by Gasteiger charge is 2.26. The molecule has 0 amide bonds. The Bertz CT molecular complexity index is 617. The highest BCUT2D eigenvalue weighted by atomic mass is 35.5. The van der Waals surface area contributed by atoms with Crippen molar-refractivity contribution in [3.8, 4) is 11.5 Å². The number of hydrogen-bond donors (Lipinski definition) is 0. The zero-order valence-corrected chi connectivity index (χ0v) is 15.1. The van der Waals surface area contributed by atoms with Gasteiger partial charge in [-0.05, 0) is 29.3 Å². The molecule has 0 N–H and O–H groups in total. The molecule has 0 radical (unpaired) electrons. The molecule has 1 aromatic rings. The highest BCUT2D eigenvalue weighted by molar-refractivity contribution is 6.64. The first-order valence-corrected chi connectivity index (χ1v) is 8.23. The normalized spacial score (nSPS) is 11.4. The maximum absolute atomic E-state index is 12.1. The molecule has 1 atom stereocenters. The van der Waals surface area contributed by atoms with E-state index in [0.29, 0.717) is 43.4 Å². The lowest BCUT2D eigenvalue weighted by atomic mass is 10.1. The Hall–Kier alpha value is -2.30. The maximum Gasteiger partial charge on any atom is 0.243 e. The summed E-state index contributed by atoms with van der Waals surface area (Å²) in [6, 6.07) is 4.66. The Morgan fingerprint density at radius 3 is 2.04 bits per heavy atom. The number of nitrogens with zero attached hydrogens (tertiary/aromatic N) is 1. The van der Waals surface area contributed by atoms with E-state index in [4.69, 9.17) is 21.1 Å². The van der Waals surface area contributed by atoms with E-state index in [1.807, 2.05) is 4.90 Å². The van der Waals surface area contributed by atoms with Gasteiger partial charge in [-0.3, -0.25) is 9.69 Å². The molecule has 1 rings (SSSR count). The summed E-state index contributed by atoms with van der Waals surface area (Å²) in [4.78, 5) is 13.9. The zero-order valence-electron chi connectivity index (χ0n) is 14.3. The van der Waals surface area contributed by atoms with Crippen LogP contribution in [0.2, 0.25) is 0 Å². The quantitative estimate of drug-likeness (QED) is 0.388. The number of hydrogen-bond acceptors (Lipinski definition) is 4. The Morgan fingerprint density at radius 1 is 1.00 bits per heavy atom. The average Bonchev–Trinajstić information content (AvgIpc) is 2.59. The second-order valence-electron chi connectivity index (χ2n) is 5.14. The molecule has 134 valence electrons. The van der Waals surface area contributed by atoms with Crippen LogP contribution in [0.15, 0.2) is 68.8 Å². The van der Waals surface area contributed by atoms with Crippen LogP contribution in [0.5, 0.6) is 11.5 Å². The Kier molecular flexibility index (Phi) is 9.37. The molecule has 0 aliphatic heterocycles. The van der Waals surface area contributed by atoms with Gasteiger partial charge in [-0.15, -0.1) is 13.2 Å². The summed E-state index contributed by atoms with van der Waals surface area (Å²) in [5, 5.41) is -0.488. The third-order valence-corrected chi connectivity index (χ3v) is 3.51. The first-order valence-electron chi connectivity index (χ1n) is 7.85. The molecule has 0 aliphatic rings. The van der Waals surface area contributed by atoms with Crippen molar-refractivity contribution in [3.63, 3.8) is 0 Å². The summed E-state index contributed by atoms with van der Waals surface area (Å²) in [7, 11) is 0. The SMILES string of the molecule is C=CCOc1ccc(C(C(=O)Cl)N(CC=C)CC=C)cc1OCC=C. The molecule has 0 saturated heterocycles. The second-order valence-corrected chi connectivity index (χ2v) is 5.52. The third-order valence-electron chi connectivity index (χ3n) is 3.30. The van der Waals surface area contributed by atoms with E-state index in [-0.39, 0.29) is 0 Å². The van der Waals surface area contributed by atoms with E-state index in [9.17, 15) is 4.79 Å². The number of benzene rings is 1. The minimum Gasteiger partial charge on any atom is -0.486 e. The predicted octanol–water partition coefficient (Wildman–Crippen LogP) is 4.30. The van der Waals surface area contributed by atoms with Crippen LogP contribution in [-0.2, 0) is 4.79 Å². The van der Waals surface area contributed by atoms with E-state index in [0.717, 1.165) is 0 Å². The molecule has 0 aromatic heterocycles. The molecule has 0 saturated carbocycles. The molecule has 0 heterocycles. The van der Waals surface area contributed by atoms with Gasteiger partial charge in [-0.2, -0.15) is 0 Å². The first kappa shape index (κ1) is 20.7. The van der Waals surface area contributed by atoms with Gasteiger partial charge >= 0.3 is 0 Å². The molecule has 5 heteroatoms. The monoisotopic (exact) mass is 361 g/mol. The summed E-state index contributed by atoms with van der Waals surface area (Å²) in [6.07, 6.45) is 6.71. The zero-order chi connectivity index (χ0) is 18.7. The molecule has 1 aromatic carbocycles. The lowest BCUT2D eigenvalue weighted by molar-refractivity contribution is -0.116. The number of halogens is 1. The maximum atomic E-state index is 12.1. The summed E-state index contributed by atoms with van der Waals surface area (Å²) in [6.45, 7) is 16.4. The molecule has 4 nitrogen and oxygen atoms in total. The van der Waals surface area contributed by atoms with Crippen molar-refractivity contribution in [1.29, 1.82) is 0 Å². The van der Waals surface area contributed by atoms with Crippen molar-refractivity contribution in [2.75, 3.05) is 26.3 Å². The van der Waals surface area contributed by atoms with Gasteiger partial charge in [0.05, 0.1) is 0 Å². The fraction of sp³-hybridized carbons (Fsp3) is 0.250. The van der Waals surface area contributed by atoms with Crippen molar-refractivity contribution in [2.45, 2.75) is 6.04 Å². The number of carbonyl (C=O) groups excluding carboxylic acids is 1. The van der Waals surface area contributed by atoms with Crippen molar-refractivity contribution in [2.24, 2.45) is 0 Å². The minimum atomic E-state index is -0.641. The highest BCUT2D eigenvalue weighted by Crippen LogP contribution is 2.33. The van der Waals surface area contributed by atoms with Crippen LogP contribution in [0, 0.1) is 0 Å². The predicted molar refractivity (Wildman–Crippen MR) is 103 cm³/mol. The van der Waals surface area contributed by atoms with Crippen LogP contribution in [0.1, 0.15) is 11.6 Å². The van der Waals surface area contributed by atoms with Crippen molar-refractivity contribution in [3.05, 3.63) is 74.4 Å². The number of rotatable bonds is 13. The van der Waals surface area contributed by atoms with Gasteiger partial charge in [0.2, 0.25) is 5.24 Å². The molecule has 0 spiro atoms. The first-order chi connectivity index (χ1) is 12.1. The fourth-order valence-corrected chi connectivity index (χ4v) is 2.59. The molecule has 0 aliphatic carbocycles. The second kappa shape index (κ2) is 11.3. The van der Waals surface area contributed by atoms with E-state index >= 15 is 0 Å². The molecule has 0 bridgehead atoms. The smallest absolute Gasteiger partial charge is 0.243 e. The van der Waals surface area contributed by atoms with Crippen LogP contribution in [-0.4, -0.2) is 36.4 Å². The van der Waals surface area contributed by atoms with Gasteiger partial charge in [-0.1, -0.05) is 43.5 Å². The topological polar surface area (TPSA) is 38.8 Å². The summed E-state index contributed by atoms with van der Waals surface area (Å²) < 4.78 is 11.3. The van der Waals surface area contributed by atoms with E-state index in [1.54, 1.807) is 42.5 Å².